The van der Waals surface area contributed by atoms with Crippen LogP contribution in [0.4, 0.5) is 10.1 Å². The molecule has 0 aliphatic heterocycles. The molecular formula is C13H12FNO. The summed E-state index contributed by atoms with van der Waals surface area (Å²) in [5.41, 5.74) is 6.35. The Balaban J connectivity index is 2.29. The molecule has 0 spiro atoms. The minimum absolute atomic E-state index is 0.167. The Morgan fingerprint density at radius 3 is 2.38 bits per heavy atom. The molecule has 2 aromatic rings. The largest absolute Gasteiger partial charge is 0.457 e. The molecule has 0 aliphatic carbocycles. The van der Waals surface area contributed by atoms with Crippen LogP contribution in [0.25, 0.3) is 0 Å². The van der Waals surface area contributed by atoms with Crippen molar-refractivity contribution in [1.82, 2.24) is 0 Å². The van der Waals surface area contributed by atoms with E-state index < -0.39 is 5.82 Å². The van der Waals surface area contributed by atoms with Crippen molar-refractivity contribution >= 4 is 5.69 Å². The zero-order valence-electron chi connectivity index (χ0n) is 8.91. The van der Waals surface area contributed by atoms with Crippen LogP contribution in [-0.2, 0) is 0 Å². The molecule has 0 saturated heterocycles. The summed E-state index contributed by atoms with van der Waals surface area (Å²) >= 11 is 0. The molecule has 2 nitrogen and oxygen atoms in total. The maximum atomic E-state index is 13.3. The highest BCUT2D eigenvalue weighted by molar-refractivity contribution is 5.51. The summed E-state index contributed by atoms with van der Waals surface area (Å²) in [5.74, 6) is 0.674. The maximum Gasteiger partial charge on any atom is 0.150 e. The second-order valence-corrected chi connectivity index (χ2v) is 3.55. The monoisotopic (exact) mass is 217 g/mol. The van der Waals surface area contributed by atoms with Gasteiger partial charge in [-0.15, -0.1) is 0 Å². The highest BCUT2D eigenvalue weighted by atomic mass is 19.1. The van der Waals surface area contributed by atoms with Crippen LogP contribution in [0.15, 0.2) is 42.5 Å². The van der Waals surface area contributed by atoms with Crippen molar-refractivity contribution in [3.63, 3.8) is 0 Å². The second-order valence-electron chi connectivity index (χ2n) is 3.55. The molecule has 2 aromatic carbocycles. The fourth-order valence-electron chi connectivity index (χ4n) is 1.41. The molecule has 0 bridgehead atoms. The van der Waals surface area contributed by atoms with Crippen molar-refractivity contribution < 1.29 is 9.13 Å². The Hall–Kier alpha value is -2.03. The molecule has 0 radical (unpaired) electrons. The molecule has 0 atom stereocenters. The number of hydrogen-bond donors (Lipinski definition) is 1. The molecule has 82 valence electrons. The zero-order chi connectivity index (χ0) is 11.5. The van der Waals surface area contributed by atoms with Gasteiger partial charge in [-0.3, -0.25) is 0 Å². The van der Waals surface area contributed by atoms with E-state index >= 15 is 0 Å². The van der Waals surface area contributed by atoms with Gasteiger partial charge in [-0.25, -0.2) is 4.39 Å². The number of halogens is 1. The normalized spacial score (nSPS) is 10.1. The molecule has 3 heteroatoms. The van der Waals surface area contributed by atoms with Gasteiger partial charge in [-0.2, -0.15) is 0 Å². The smallest absolute Gasteiger partial charge is 0.150 e. The van der Waals surface area contributed by atoms with Crippen molar-refractivity contribution in [3.05, 3.63) is 53.8 Å². The van der Waals surface area contributed by atoms with E-state index in [9.17, 15) is 4.39 Å². The number of aryl methyl sites for hydroxylation is 1. The van der Waals surface area contributed by atoms with Crippen LogP contribution in [0.3, 0.4) is 0 Å². The van der Waals surface area contributed by atoms with E-state index in [1.54, 1.807) is 13.0 Å². The SMILES string of the molecule is Cc1cc(Oc2ccccc2)cc(F)c1N. The molecule has 0 fully saturated rings. The van der Waals surface area contributed by atoms with Crippen LogP contribution in [0.1, 0.15) is 5.56 Å². The summed E-state index contributed by atoms with van der Waals surface area (Å²) in [6.07, 6.45) is 0. The Kier molecular flexibility index (Phi) is 2.77. The molecule has 2 rings (SSSR count). The lowest BCUT2D eigenvalue weighted by atomic mass is 10.2. The van der Waals surface area contributed by atoms with Crippen LogP contribution in [-0.4, -0.2) is 0 Å². The first-order valence-corrected chi connectivity index (χ1v) is 4.95. The third kappa shape index (κ3) is 2.14. The number of rotatable bonds is 2. The summed E-state index contributed by atoms with van der Waals surface area (Å²) in [7, 11) is 0. The quantitative estimate of drug-likeness (QED) is 0.781. The molecule has 0 amide bonds. The van der Waals surface area contributed by atoms with Crippen molar-refractivity contribution in [2.24, 2.45) is 0 Å². The average Bonchev–Trinajstić information content (AvgIpc) is 2.27. The number of benzene rings is 2. The van der Waals surface area contributed by atoms with Gasteiger partial charge in [-0.1, -0.05) is 18.2 Å². The van der Waals surface area contributed by atoms with E-state index in [0.717, 1.165) is 0 Å². The molecule has 0 heterocycles. The van der Waals surface area contributed by atoms with Crippen LogP contribution in [0.2, 0.25) is 0 Å². The number of nitrogens with two attached hydrogens (primary N) is 1. The van der Waals surface area contributed by atoms with Gasteiger partial charge in [0.25, 0.3) is 0 Å². The molecule has 0 aromatic heterocycles. The van der Waals surface area contributed by atoms with E-state index in [1.807, 2.05) is 30.3 Å². The van der Waals surface area contributed by atoms with Crippen molar-refractivity contribution in [2.75, 3.05) is 5.73 Å². The Labute approximate surface area is 93.5 Å². The van der Waals surface area contributed by atoms with Crippen LogP contribution in [0, 0.1) is 12.7 Å². The third-order valence-electron chi connectivity index (χ3n) is 2.29. The van der Waals surface area contributed by atoms with E-state index in [4.69, 9.17) is 10.5 Å². The van der Waals surface area contributed by atoms with Crippen LogP contribution >= 0.6 is 0 Å². The van der Waals surface area contributed by atoms with Gasteiger partial charge in [0.15, 0.2) is 0 Å². The lowest BCUT2D eigenvalue weighted by molar-refractivity contribution is 0.476. The number of ether oxygens (including phenoxy) is 1. The fraction of sp³-hybridized carbons (Fsp3) is 0.0769. The van der Waals surface area contributed by atoms with Gasteiger partial charge in [-0.05, 0) is 30.7 Å². The predicted octanol–water partition coefficient (Wildman–Crippen LogP) is 3.51. The van der Waals surface area contributed by atoms with Crippen LogP contribution in [0.5, 0.6) is 11.5 Å². The molecular weight excluding hydrogens is 205 g/mol. The van der Waals surface area contributed by atoms with E-state index in [-0.39, 0.29) is 5.69 Å². The minimum atomic E-state index is -0.453. The van der Waals surface area contributed by atoms with E-state index in [1.165, 1.54) is 6.07 Å². The van der Waals surface area contributed by atoms with Gasteiger partial charge in [0.05, 0.1) is 5.69 Å². The summed E-state index contributed by atoms with van der Waals surface area (Å²) in [5, 5.41) is 0. The predicted molar refractivity (Wildman–Crippen MR) is 62.1 cm³/mol. The maximum absolute atomic E-state index is 13.3. The van der Waals surface area contributed by atoms with Gasteiger partial charge in [0.1, 0.15) is 17.3 Å². The number of para-hydroxylation sites is 1. The van der Waals surface area contributed by atoms with E-state index in [2.05, 4.69) is 0 Å². The van der Waals surface area contributed by atoms with Gasteiger partial charge in [0, 0.05) is 6.07 Å². The molecule has 16 heavy (non-hydrogen) atoms. The Bertz CT molecular complexity index is 474. The summed E-state index contributed by atoms with van der Waals surface area (Å²) < 4.78 is 18.8. The number of nitrogen functional groups attached to an aromatic ring is 1. The fourth-order valence-corrected chi connectivity index (χ4v) is 1.41. The summed E-state index contributed by atoms with van der Waals surface area (Å²) in [4.78, 5) is 0. The van der Waals surface area contributed by atoms with Gasteiger partial charge >= 0.3 is 0 Å². The van der Waals surface area contributed by atoms with Crippen molar-refractivity contribution in [3.8, 4) is 11.5 Å². The second kappa shape index (κ2) is 4.23. The standard InChI is InChI=1S/C13H12FNO/c1-9-7-11(8-12(14)13(9)15)16-10-5-3-2-4-6-10/h2-8H,15H2,1H3. The molecule has 0 unspecified atom stereocenters. The topological polar surface area (TPSA) is 35.2 Å². The molecule has 0 saturated carbocycles. The zero-order valence-corrected chi connectivity index (χ0v) is 8.91. The first-order valence-electron chi connectivity index (χ1n) is 4.95. The molecule has 2 N–H and O–H groups in total. The van der Waals surface area contributed by atoms with Crippen LogP contribution < -0.4 is 10.5 Å². The third-order valence-corrected chi connectivity index (χ3v) is 2.29. The Morgan fingerprint density at radius 2 is 1.75 bits per heavy atom. The van der Waals surface area contributed by atoms with Gasteiger partial charge < -0.3 is 10.5 Å². The Morgan fingerprint density at radius 1 is 1.06 bits per heavy atom. The first kappa shape index (κ1) is 10.5. The van der Waals surface area contributed by atoms with Crippen molar-refractivity contribution in [2.45, 2.75) is 6.92 Å². The summed E-state index contributed by atoms with van der Waals surface area (Å²) in [6.45, 7) is 1.75. The lowest BCUT2D eigenvalue weighted by Crippen LogP contribution is -1.95. The first-order chi connectivity index (χ1) is 7.66. The van der Waals surface area contributed by atoms with Gasteiger partial charge in [0.2, 0.25) is 0 Å². The highest BCUT2D eigenvalue weighted by Crippen LogP contribution is 2.26. The lowest BCUT2D eigenvalue weighted by Gasteiger charge is -2.08. The molecule has 0 aliphatic rings. The summed E-state index contributed by atoms with van der Waals surface area (Å²) in [6, 6.07) is 12.2. The number of anilines is 1. The van der Waals surface area contributed by atoms with E-state index in [0.29, 0.717) is 17.1 Å². The number of hydrogen-bond acceptors (Lipinski definition) is 2. The average molecular weight is 217 g/mol. The minimum Gasteiger partial charge on any atom is -0.457 e. The van der Waals surface area contributed by atoms with Crippen molar-refractivity contribution in [1.29, 1.82) is 0 Å². The highest BCUT2D eigenvalue weighted by Gasteiger charge is 2.05.